The van der Waals surface area contributed by atoms with Crippen LogP contribution in [0, 0.1) is 0 Å². The van der Waals surface area contributed by atoms with Gasteiger partial charge in [0.2, 0.25) is 0 Å². The van der Waals surface area contributed by atoms with Crippen LogP contribution in [0.15, 0.2) is 22.7 Å². The lowest BCUT2D eigenvalue weighted by molar-refractivity contribution is 0.189. The Balaban J connectivity index is 1.79. The first-order chi connectivity index (χ1) is 10.1. The van der Waals surface area contributed by atoms with E-state index >= 15 is 0 Å². The van der Waals surface area contributed by atoms with Gasteiger partial charge in [0.25, 0.3) is 0 Å². The highest BCUT2D eigenvalue weighted by molar-refractivity contribution is 9.10. The quantitative estimate of drug-likeness (QED) is 0.919. The SMILES string of the molecule is C[C@H](O)c1ccc(Br)cc1OCc1nnc2n1CCCC2. The second-order valence-corrected chi connectivity index (χ2v) is 6.20. The third-order valence-electron chi connectivity index (χ3n) is 3.72. The summed E-state index contributed by atoms with van der Waals surface area (Å²) in [5.41, 5.74) is 0.775. The molecule has 1 N–H and O–H groups in total. The summed E-state index contributed by atoms with van der Waals surface area (Å²) < 4.78 is 8.94. The summed E-state index contributed by atoms with van der Waals surface area (Å²) >= 11 is 3.43. The van der Waals surface area contributed by atoms with Gasteiger partial charge in [-0.05, 0) is 31.9 Å². The van der Waals surface area contributed by atoms with Crippen LogP contribution in [0.3, 0.4) is 0 Å². The van der Waals surface area contributed by atoms with E-state index in [4.69, 9.17) is 4.74 Å². The summed E-state index contributed by atoms with van der Waals surface area (Å²) in [4.78, 5) is 0. The van der Waals surface area contributed by atoms with Crippen LogP contribution in [0.2, 0.25) is 0 Å². The van der Waals surface area contributed by atoms with Gasteiger partial charge in [-0.2, -0.15) is 0 Å². The molecule has 0 aliphatic carbocycles. The first kappa shape index (κ1) is 14.5. The van der Waals surface area contributed by atoms with Gasteiger partial charge in [-0.25, -0.2) is 0 Å². The number of ether oxygens (including phenoxy) is 1. The lowest BCUT2D eigenvalue weighted by Gasteiger charge is -2.16. The van der Waals surface area contributed by atoms with Crippen LogP contribution in [-0.4, -0.2) is 19.9 Å². The number of rotatable bonds is 4. The highest BCUT2D eigenvalue weighted by Gasteiger charge is 2.17. The highest BCUT2D eigenvalue weighted by atomic mass is 79.9. The molecule has 0 unspecified atom stereocenters. The maximum Gasteiger partial charge on any atom is 0.171 e. The number of halogens is 1. The number of aromatic nitrogens is 3. The fourth-order valence-electron chi connectivity index (χ4n) is 2.60. The van der Waals surface area contributed by atoms with Crippen molar-refractivity contribution in [2.24, 2.45) is 0 Å². The van der Waals surface area contributed by atoms with Crippen molar-refractivity contribution in [3.05, 3.63) is 39.9 Å². The van der Waals surface area contributed by atoms with Gasteiger partial charge >= 0.3 is 0 Å². The molecule has 2 aromatic rings. The van der Waals surface area contributed by atoms with E-state index in [1.165, 1.54) is 6.42 Å². The molecule has 1 aliphatic rings. The van der Waals surface area contributed by atoms with Gasteiger partial charge in [0.1, 0.15) is 18.2 Å². The number of hydrogen-bond donors (Lipinski definition) is 1. The summed E-state index contributed by atoms with van der Waals surface area (Å²) in [5.74, 6) is 2.57. The zero-order chi connectivity index (χ0) is 14.8. The van der Waals surface area contributed by atoms with E-state index in [-0.39, 0.29) is 0 Å². The average molecular weight is 352 g/mol. The van der Waals surface area contributed by atoms with E-state index < -0.39 is 6.10 Å². The van der Waals surface area contributed by atoms with Crippen LogP contribution in [0.4, 0.5) is 0 Å². The highest BCUT2D eigenvalue weighted by Crippen LogP contribution is 2.29. The normalized spacial score (nSPS) is 15.6. The number of aliphatic hydroxyl groups is 1. The summed E-state index contributed by atoms with van der Waals surface area (Å²) in [5, 5.41) is 18.3. The van der Waals surface area contributed by atoms with E-state index in [9.17, 15) is 5.11 Å². The number of nitrogens with zero attached hydrogens (tertiary/aromatic N) is 3. The number of aliphatic hydroxyl groups excluding tert-OH is 1. The Morgan fingerprint density at radius 3 is 3.05 bits per heavy atom. The molecular formula is C15H18BrN3O2. The maximum atomic E-state index is 9.82. The van der Waals surface area contributed by atoms with E-state index in [1.807, 2.05) is 18.2 Å². The van der Waals surface area contributed by atoms with Gasteiger partial charge in [0.15, 0.2) is 5.82 Å². The molecule has 0 saturated heterocycles. The van der Waals surface area contributed by atoms with Gasteiger partial charge in [0.05, 0.1) is 6.10 Å². The van der Waals surface area contributed by atoms with Crippen LogP contribution in [0.25, 0.3) is 0 Å². The standard InChI is InChI=1S/C15H18BrN3O2/c1-10(20)12-6-5-11(16)8-13(12)21-9-15-18-17-14-4-2-3-7-19(14)15/h5-6,8,10,20H,2-4,7,9H2,1H3/t10-/m0/s1. The molecule has 1 aromatic heterocycles. The van der Waals surface area contributed by atoms with Crippen LogP contribution < -0.4 is 4.74 Å². The zero-order valence-corrected chi connectivity index (χ0v) is 13.5. The van der Waals surface area contributed by atoms with E-state index in [2.05, 4.69) is 30.7 Å². The first-order valence-corrected chi connectivity index (χ1v) is 7.95. The van der Waals surface area contributed by atoms with Crippen molar-refractivity contribution in [2.45, 2.75) is 45.4 Å². The Kier molecular flexibility index (Phi) is 4.26. The average Bonchev–Trinajstić information content (AvgIpc) is 2.88. The smallest absolute Gasteiger partial charge is 0.171 e. The molecule has 1 aliphatic heterocycles. The van der Waals surface area contributed by atoms with Crippen LogP contribution in [0.5, 0.6) is 5.75 Å². The summed E-state index contributed by atoms with van der Waals surface area (Å²) in [6, 6.07) is 5.63. The summed E-state index contributed by atoms with van der Waals surface area (Å²) in [6.45, 7) is 3.06. The van der Waals surface area contributed by atoms with Crippen molar-refractivity contribution in [2.75, 3.05) is 0 Å². The van der Waals surface area contributed by atoms with Gasteiger partial charge in [-0.1, -0.05) is 22.0 Å². The molecule has 1 atom stereocenters. The Morgan fingerprint density at radius 2 is 2.24 bits per heavy atom. The molecule has 0 spiro atoms. The van der Waals surface area contributed by atoms with E-state index in [0.717, 1.165) is 41.1 Å². The van der Waals surface area contributed by atoms with Crippen molar-refractivity contribution < 1.29 is 9.84 Å². The van der Waals surface area contributed by atoms with Gasteiger partial charge in [-0.15, -0.1) is 10.2 Å². The number of benzene rings is 1. The van der Waals surface area contributed by atoms with Crippen molar-refractivity contribution >= 4 is 15.9 Å². The number of aryl methyl sites for hydroxylation is 1. The second-order valence-electron chi connectivity index (χ2n) is 5.29. The Bertz CT molecular complexity index is 640. The minimum atomic E-state index is -0.569. The molecule has 0 amide bonds. The molecule has 0 saturated carbocycles. The van der Waals surface area contributed by atoms with Gasteiger partial charge in [0, 0.05) is 23.0 Å². The Hall–Kier alpha value is -1.40. The van der Waals surface area contributed by atoms with Crippen LogP contribution in [-0.2, 0) is 19.6 Å². The fourth-order valence-corrected chi connectivity index (χ4v) is 2.94. The van der Waals surface area contributed by atoms with E-state index in [0.29, 0.717) is 12.4 Å². The van der Waals surface area contributed by atoms with Crippen LogP contribution >= 0.6 is 15.9 Å². The van der Waals surface area contributed by atoms with Crippen molar-refractivity contribution in [1.29, 1.82) is 0 Å². The molecule has 0 bridgehead atoms. The molecule has 112 valence electrons. The number of fused-ring (bicyclic) bond motifs is 1. The Labute approximate surface area is 132 Å². The summed E-state index contributed by atoms with van der Waals surface area (Å²) in [7, 11) is 0. The fraction of sp³-hybridized carbons (Fsp3) is 0.467. The molecule has 1 aromatic carbocycles. The Morgan fingerprint density at radius 1 is 1.38 bits per heavy atom. The molecule has 21 heavy (non-hydrogen) atoms. The van der Waals surface area contributed by atoms with Crippen molar-refractivity contribution in [3.63, 3.8) is 0 Å². The lowest BCUT2D eigenvalue weighted by atomic mass is 10.1. The van der Waals surface area contributed by atoms with Crippen molar-refractivity contribution in [3.8, 4) is 5.75 Å². The topological polar surface area (TPSA) is 60.2 Å². The molecule has 6 heteroatoms. The van der Waals surface area contributed by atoms with Gasteiger partial charge < -0.3 is 14.4 Å². The third-order valence-corrected chi connectivity index (χ3v) is 4.21. The summed E-state index contributed by atoms with van der Waals surface area (Å²) in [6.07, 6.45) is 2.76. The van der Waals surface area contributed by atoms with Gasteiger partial charge in [-0.3, -0.25) is 0 Å². The minimum absolute atomic E-state index is 0.364. The predicted molar refractivity (Wildman–Crippen MR) is 82.1 cm³/mol. The molecule has 3 rings (SSSR count). The first-order valence-electron chi connectivity index (χ1n) is 7.16. The maximum absolute atomic E-state index is 9.82. The second kappa shape index (κ2) is 6.15. The van der Waals surface area contributed by atoms with Crippen LogP contribution in [0.1, 0.15) is 43.1 Å². The minimum Gasteiger partial charge on any atom is -0.485 e. The predicted octanol–water partition coefficient (Wildman–Crippen LogP) is 3.01. The molecule has 5 nitrogen and oxygen atoms in total. The molecular weight excluding hydrogens is 334 g/mol. The monoisotopic (exact) mass is 351 g/mol. The third kappa shape index (κ3) is 3.11. The van der Waals surface area contributed by atoms with E-state index in [1.54, 1.807) is 6.92 Å². The largest absolute Gasteiger partial charge is 0.485 e. The molecule has 2 heterocycles. The lowest BCUT2D eigenvalue weighted by Crippen LogP contribution is -2.14. The molecule has 0 fully saturated rings. The zero-order valence-electron chi connectivity index (χ0n) is 11.9. The number of hydrogen-bond acceptors (Lipinski definition) is 4. The molecule has 0 radical (unpaired) electrons. The van der Waals surface area contributed by atoms with Crippen molar-refractivity contribution in [1.82, 2.24) is 14.8 Å².